The maximum absolute atomic E-state index is 12.9. The van der Waals surface area contributed by atoms with E-state index in [1.807, 2.05) is 0 Å². The molecule has 0 aromatic carbocycles. The zero-order chi connectivity index (χ0) is 27.7. The fraction of sp³-hybridized carbons (Fsp3) is 0.692. The van der Waals surface area contributed by atoms with Gasteiger partial charge in [0.15, 0.2) is 17.3 Å². The van der Waals surface area contributed by atoms with Crippen LogP contribution in [0.4, 0.5) is 0 Å². The van der Waals surface area contributed by atoms with Crippen molar-refractivity contribution in [1.29, 1.82) is 0 Å². The van der Waals surface area contributed by atoms with Gasteiger partial charge in [-0.25, -0.2) is 4.79 Å². The molecule has 0 bridgehead atoms. The molecule has 0 unspecified atom stereocenters. The Balaban J connectivity index is 2.04. The van der Waals surface area contributed by atoms with E-state index in [0.717, 1.165) is 0 Å². The molecular weight excluding hydrogens is 488 g/mol. The van der Waals surface area contributed by atoms with Gasteiger partial charge in [-0.3, -0.25) is 14.4 Å². The summed E-state index contributed by atoms with van der Waals surface area (Å²) < 4.78 is 29.0. The average Bonchev–Trinajstić information content (AvgIpc) is 3.34. The van der Waals surface area contributed by atoms with Crippen molar-refractivity contribution in [3.05, 3.63) is 23.8 Å². The lowest BCUT2D eigenvalue weighted by molar-refractivity contribution is -0.223. The molecule has 4 aliphatic rings. The predicted molar refractivity (Wildman–Crippen MR) is 125 cm³/mol. The zero-order valence-electron chi connectivity index (χ0n) is 22.0. The summed E-state index contributed by atoms with van der Waals surface area (Å²) in [5.41, 5.74) is -5.78. The number of epoxide rings is 1. The first-order valence-electron chi connectivity index (χ1n) is 12.2. The summed E-state index contributed by atoms with van der Waals surface area (Å²) in [6.07, 6.45) is -1.38. The molecule has 2 fully saturated rings. The summed E-state index contributed by atoms with van der Waals surface area (Å²) in [5, 5.41) is 22.7. The first-order valence-corrected chi connectivity index (χ1v) is 12.2. The Morgan fingerprint density at radius 3 is 2.11 bits per heavy atom. The van der Waals surface area contributed by atoms with Gasteiger partial charge >= 0.3 is 23.9 Å². The molecule has 1 spiro atoms. The summed E-state index contributed by atoms with van der Waals surface area (Å²) in [6.45, 7) is 9.87. The number of carbonyl (C=O) groups is 4. The van der Waals surface area contributed by atoms with Crippen LogP contribution in [0.25, 0.3) is 0 Å². The van der Waals surface area contributed by atoms with Crippen LogP contribution < -0.4 is 0 Å². The van der Waals surface area contributed by atoms with Gasteiger partial charge in [-0.15, -0.1) is 0 Å². The van der Waals surface area contributed by atoms with Gasteiger partial charge in [0.1, 0.15) is 24.4 Å². The smallest absolute Gasteiger partial charge is 0.342 e. The van der Waals surface area contributed by atoms with E-state index in [9.17, 15) is 29.4 Å². The molecule has 2 heterocycles. The van der Waals surface area contributed by atoms with Crippen LogP contribution in [0.15, 0.2) is 23.8 Å². The van der Waals surface area contributed by atoms with Crippen molar-refractivity contribution in [3.8, 4) is 0 Å². The van der Waals surface area contributed by atoms with Crippen molar-refractivity contribution < 1.29 is 53.1 Å². The van der Waals surface area contributed by atoms with E-state index in [-0.39, 0.29) is 6.42 Å². The van der Waals surface area contributed by atoms with Gasteiger partial charge in [-0.2, -0.15) is 0 Å². The molecule has 204 valence electrons. The molecule has 0 saturated carbocycles. The number of ether oxygens (including phenoxy) is 5. The van der Waals surface area contributed by atoms with Crippen LogP contribution in [0.5, 0.6) is 0 Å². The van der Waals surface area contributed by atoms with E-state index < -0.39 is 82.5 Å². The van der Waals surface area contributed by atoms with E-state index in [1.165, 1.54) is 40.7 Å². The number of aliphatic hydroxyl groups excluding tert-OH is 1. The van der Waals surface area contributed by atoms with Crippen molar-refractivity contribution >= 4 is 23.9 Å². The highest BCUT2D eigenvalue weighted by Gasteiger charge is 2.87. The third kappa shape index (κ3) is 3.98. The van der Waals surface area contributed by atoms with Gasteiger partial charge in [-0.1, -0.05) is 24.6 Å². The monoisotopic (exact) mass is 522 g/mol. The second-order valence-electron chi connectivity index (χ2n) is 11.1. The van der Waals surface area contributed by atoms with Crippen molar-refractivity contribution in [2.75, 3.05) is 0 Å². The molecule has 37 heavy (non-hydrogen) atoms. The molecule has 2 aliphatic heterocycles. The van der Waals surface area contributed by atoms with Crippen LogP contribution >= 0.6 is 0 Å². The van der Waals surface area contributed by atoms with Crippen LogP contribution in [-0.2, 0) is 42.9 Å². The van der Waals surface area contributed by atoms with E-state index in [2.05, 4.69) is 0 Å². The lowest BCUT2D eigenvalue weighted by Crippen LogP contribution is -2.68. The highest BCUT2D eigenvalue weighted by molar-refractivity contribution is 5.89. The fourth-order valence-electron chi connectivity index (χ4n) is 6.55. The van der Waals surface area contributed by atoms with Gasteiger partial charge in [0.05, 0.1) is 5.60 Å². The average molecular weight is 523 g/mol. The summed E-state index contributed by atoms with van der Waals surface area (Å²) in [4.78, 5) is 49.9. The van der Waals surface area contributed by atoms with Crippen molar-refractivity contribution in [3.63, 3.8) is 0 Å². The van der Waals surface area contributed by atoms with Gasteiger partial charge in [0, 0.05) is 38.5 Å². The molecular formula is C26H34O11. The number of fused-ring (bicyclic) bond motifs is 1. The Bertz CT molecular complexity index is 1090. The standard InChI is InChI=1S/C26H34O11/c1-12-10-16(33-13(2)27)20(34-14(3)28)23(5)9-8-17(30)24(6,32)19(23)21(35-15(4)29)26-18(11-12)36-22(31)25(26,7)37-26/h8-9,11,16-21,30,32H,10H2,1-7H3/b12-11-/t16-,17-,18+,19-,20+,21+,23+,24-,25+,26+/m0/s1. The quantitative estimate of drug-likeness (QED) is 0.235. The first kappa shape index (κ1) is 27.3. The molecule has 4 rings (SSSR count). The lowest BCUT2D eigenvalue weighted by atomic mass is 9.55. The maximum atomic E-state index is 12.9. The van der Waals surface area contributed by atoms with Crippen LogP contribution in [0.2, 0.25) is 0 Å². The van der Waals surface area contributed by atoms with Gasteiger partial charge in [0.2, 0.25) is 0 Å². The molecule has 0 aromatic rings. The number of aliphatic hydroxyl groups is 2. The molecule has 10 atom stereocenters. The Hall–Kier alpha value is -2.76. The number of hydrogen-bond donors (Lipinski definition) is 2. The fourth-order valence-corrected chi connectivity index (χ4v) is 6.55. The molecule has 2 N–H and O–H groups in total. The number of esters is 4. The summed E-state index contributed by atoms with van der Waals surface area (Å²) >= 11 is 0. The van der Waals surface area contributed by atoms with Gasteiger partial charge in [-0.05, 0) is 26.8 Å². The minimum absolute atomic E-state index is 0.0947. The molecule has 2 aliphatic carbocycles. The minimum atomic E-state index is -1.99. The summed E-state index contributed by atoms with van der Waals surface area (Å²) in [5.74, 6) is -3.92. The SMILES string of the molecule is CC(=O)O[C@H]1C/C(C)=C\[C@H]2OC(=O)[C@@]3(C)O[C@@]23[C@H](OC(C)=O)[C@@H]2[C@@](C)(O)[C@@H](O)C=C[C@@]2(C)[C@@H]1OC(C)=O. The van der Waals surface area contributed by atoms with E-state index in [1.54, 1.807) is 26.0 Å². The summed E-state index contributed by atoms with van der Waals surface area (Å²) in [7, 11) is 0. The molecule has 11 nitrogen and oxygen atoms in total. The van der Waals surface area contributed by atoms with Gasteiger partial charge < -0.3 is 33.9 Å². The predicted octanol–water partition coefficient (Wildman–Crippen LogP) is 0.889. The van der Waals surface area contributed by atoms with Crippen molar-refractivity contribution in [1.82, 2.24) is 0 Å². The first-order chi connectivity index (χ1) is 17.0. The molecule has 0 radical (unpaired) electrons. The van der Waals surface area contributed by atoms with Crippen LogP contribution in [0, 0.1) is 11.3 Å². The number of rotatable bonds is 3. The number of hydrogen-bond acceptors (Lipinski definition) is 11. The molecule has 2 saturated heterocycles. The van der Waals surface area contributed by atoms with E-state index >= 15 is 0 Å². The normalized spacial score (nSPS) is 47.7. The third-order valence-electron chi connectivity index (χ3n) is 8.20. The Morgan fingerprint density at radius 1 is 1.00 bits per heavy atom. The van der Waals surface area contributed by atoms with Crippen LogP contribution in [-0.4, -0.2) is 81.4 Å². The third-order valence-corrected chi connectivity index (χ3v) is 8.20. The topological polar surface area (TPSA) is 158 Å². The maximum Gasteiger partial charge on any atom is 0.342 e. The molecule has 0 amide bonds. The lowest BCUT2D eigenvalue weighted by Gasteiger charge is -2.55. The van der Waals surface area contributed by atoms with Gasteiger partial charge in [0.25, 0.3) is 0 Å². The summed E-state index contributed by atoms with van der Waals surface area (Å²) in [6, 6.07) is 0. The largest absolute Gasteiger partial charge is 0.459 e. The Kier molecular flexibility index (Phi) is 6.37. The highest BCUT2D eigenvalue weighted by Crippen LogP contribution is 2.65. The van der Waals surface area contributed by atoms with E-state index in [0.29, 0.717) is 5.57 Å². The highest BCUT2D eigenvalue weighted by atomic mass is 16.7. The van der Waals surface area contributed by atoms with Crippen molar-refractivity contribution in [2.45, 2.75) is 102 Å². The Labute approximate surface area is 214 Å². The Morgan fingerprint density at radius 2 is 1.57 bits per heavy atom. The van der Waals surface area contributed by atoms with Crippen molar-refractivity contribution in [2.24, 2.45) is 11.3 Å². The molecule has 0 aromatic heterocycles. The van der Waals surface area contributed by atoms with Crippen LogP contribution in [0.3, 0.4) is 0 Å². The minimum Gasteiger partial charge on any atom is -0.459 e. The van der Waals surface area contributed by atoms with E-state index in [4.69, 9.17) is 23.7 Å². The second-order valence-corrected chi connectivity index (χ2v) is 11.1. The molecule has 11 heteroatoms. The zero-order valence-corrected chi connectivity index (χ0v) is 22.0. The second kappa shape index (κ2) is 8.64. The number of carbonyl (C=O) groups excluding carboxylic acids is 4. The van der Waals surface area contributed by atoms with Crippen LogP contribution in [0.1, 0.15) is 54.9 Å².